The van der Waals surface area contributed by atoms with Gasteiger partial charge < -0.3 is 43.6 Å². The molecule has 0 fully saturated rings. The predicted molar refractivity (Wildman–Crippen MR) is 38.8 cm³/mol. The molecular weight excluding hydrogens is 305 g/mol. The molecule has 1 N–H and O–H groups in total. The molecule has 0 radical (unpaired) electrons. The van der Waals surface area contributed by atoms with E-state index in [4.69, 9.17) is 55.2 Å². The van der Waals surface area contributed by atoms with Gasteiger partial charge in [0.25, 0.3) is 0 Å². The molecule has 0 amide bonds. The largest absolute Gasteiger partial charge is 2.00 e. The standard InChI is InChI=1S/C2H5ClO.Ca.2H3O4P/c3-1-2-4;;2*1-5(2,3)4/h4H,1-2H2;;2*(H3,1,2,3,4)/q;+2;;/p-6. The molecule has 90 valence electrons. The Morgan fingerprint density at radius 2 is 1.00 bits per heavy atom. The number of phosphoric acid groups is 2. The Morgan fingerprint density at radius 1 is 0.933 bits per heavy atom. The van der Waals surface area contributed by atoms with Crippen LogP contribution in [0.1, 0.15) is 0 Å². The molecule has 15 heavy (non-hydrogen) atoms. The van der Waals surface area contributed by atoms with Crippen LogP contribution in [0, 0.1) is 0 Å². The molecule has 0 aliphatic rings. The van der Waals surface area contributed by atoms with Crippen LogP contribution < -0.4 is 29.4 Å². The van der Waals surface area contributed by atoms with Crippen molar-refractivity contribution < 1.29 is 43.6 Å². The maximum atomic E-state index is 8.55. The van der Waals surface area contributed by atoms with Gasteiger partial charge in [0.15, 0.2) is 0 Å². The summed E-state index contributed by atoms with van der Waals surface area (Å²) in [6.07, 6.45) is 0. The molecule has 0 atom stereocenters. The van der Waals surface area contributed by atoms with Gasteiger partial charge >= 0.3 is 37.7 Å². The minimum Gasteiger partial charge on any atom is -0.822 e. The van der Waals surface area contributed by atoms with Crippen LogP contribution in [-0.4, -0.2) is 55.3 Å². The molecule has 0 aromatic carbocycles. The SMILES string of the molecule is O=P([O-])([O-])[O-].O=P([O-])([O-])[O-].OCCCl.[Ca+2]. The van der Waals surface area contributed by atoms with Crippen LogP contribution in [0.5, 0.6) is 0 Å². The molecule has 0 bridgehead atoms. The van der Waals surface area contributed by atoms with Gasteiger partial charge in [-0.15, -0.1) is 11.6 Å². The van der Waals surface area contributed by atoms with Crippen LogP contribution >= 0.6 is 27.2 Å². The van der Waals surface area contributed by atoms with Gasteiger partial charge in [-0.05, 0) is 0 Å². The van der Waals surface area contributed by atoms with Gasteiger partial charge in [-0.2, -0.15) is 15.6 Å². The van der Waals surface area contributed by atoms with E-state index < -0.39 is 15.6 Å². The van der Waals surface area contributed by atoms with Crippen molar-refractivity contribution in [2.75, 3.05) is 12.5 Å². The Balaban J connectivity index is -0.0000000590. The van der Waals surface area contributed by atoms with E-state index >= 15 is 0 Å². The van der Waals surface area contributed by atoms with E-state index in [9.17, 15) is 0 Å². The maximum Gasteiger partial charge on any atom is 2.00 e. The molecule has 0 saturated heterocycles. The number of aliphatic hydroxyl groups is 1. The van der Waals surface area contributed by atoms with Crippen molar-refractivity contribution in [1.82, 2.24) is 0 Å². The zero-order valence-electron chi connectivity index (χ0n) is 7.11. The van der Waals surface area contributed by atoms with Crippen molar-refractivity contribution in [1.29, 1.82) is 0 Å². The van der Waals surface area contributed by atoms with Crippen molar-refractivity contribution in [3.8, 4) is 0 Å². The summed E-state index contributed by atoms with van der Waals surface area (Å²) in [5, 5.41) is 7.74. The Labute approximate surface area is 120 Å². The molecule has 0 heterocycles. The summed E-state index contributed by atoms with van der Waals surface area (Å²) in [6, 6.07) is 0. The Kier molecular flexibility index (Phi) is 23.5. The number of alkyl halides is 1. The molecule has 0 unspecified atom stereocenters. The van der Waals surface area contributed by atoms with Crippen LogP contribution in [0.15, 0.2) is 0 Å². The fourth-order valence-corrected chi connectivity index (χ4v) is 0. The van der Waals surface area contributed by atoms with E-state index in [0.29, 0.717) is 5.88 Å². The smallest absolute Gasteiger partial charge is 0.822 e. The minimum atomic E-state index is -5.39. The first-order valence-corrected chi connectivity index (χ1v) is 6.00. The number of hydrogen-bond acceptors (Lipinski definition) is 9. The second-order valence-corrected chi connectivity index (χ2v) is 3.47. The maximum absolute atomic E-state index is 8.55. The number of aliphatic hydroxyl groups excluding tert-OH is 1. The average Bonchev–Trinajstić information content (AvgIpc) is 1.79. The third kappa shape index (κ3) is 398. The van der Waals surface area contributed by atoms with Gasteiger partial charge in [-0.25, -0.2) is 0 Å². The van der Waals surface area contributed by atoms with Crippen LogP contribution in [0.25, 0.3) is 0 Å². The molecule has 0 aromatic rings. The Morgan fingerprint density at radius 3 is 1.00 bits per heavy atom. The fourth-order valence-electron chi connectivity index (χ4n) is 0. The van der Waals surface area contributed by atoms with Crippen LogP contribution in [0.2, 0.25) is 0 Å². The van der Waals surface area contributed by atoms with E-state index in [1.165, 1.54) is 0 Å². The van der Waals surface area contributed by atoms with E-state index in [1.54, 1.807) is 0 Å². The van der Waals surface area contributed by atoms with Gasteiger partial charge in [-0.1, -0.05) is 0 Å². The molecule has 0 saturated carbocycles. The van der Waals surface area contributed by atoms with Crippen molar-refractivity contribution in [3.05, 3.63) is 0 Å². The van der Waals surface area contributed by atoms with E-state index in [-0.39, 0.29) is 44.3 Å². The van der Waals surface area contributed by atoms with E-state index in [1.807, 2.05) is 0 Å². The van der Waals surface area contributed by atoms with E-state index in [2.05, 4.69) is 0 Å². The molecule has 13 heteroatoms. The summed E-state index contributed by atoms with van der Waals surface area (Å²) in [7, 11) is -10.8. The van der Waals surface area contributed by atoms with Crippen LogP contribution in [0.3, 0.4) is 0 Å². The first-order valence-electron chi connectivity index (χ1n) is 2.54. The normalized spacial score (nSPS) is 9.87. The number of halogens is 1. The molecule has 0 aromatic heterocycles. The summed E-state index contributed by atoms with van der Waals surface area (Å²) in [4.78, 5) is 51.3. The fraction of sp³-hybridized carbons (Fsp3) is 1.00. The summed E-state index contributed by atoms with van der Waals surface area (Å²) >= 11 is 4.94. The van der Waals surface area contributed by atoms with Gasteiger partial charge in [0.2, 0.25) is 0 Å². The Bertz CT molecular complexity index is 160. The number of rotatable bonds is 1. The minimum absolute atomic E-state index is 0. The summed E-state index contributed by atoms with van der Waals surface area (Å²) in [5.41, 5.74) is 0. The zero-order chi connectivity index (χ0) is 12.4. The Hall–Kier alpha value is 1.73. The zero-order valence-corrected chi connectivity index (χ0v) is 11.9. The third-order valence-electron chi connectivity index (χ3n) is 0.0845. The summed E-state index contributed by atoms with van der Waals surface area (Å²) in [5.74, 6) is 0.347. The summed E-state index contributed by atoms with van der Waals surface area (Å²) < 4.78 is 17.1. The monoisotopic (exact) mass is 310 g/mol. The molecule has 0 aliphatic heterocycles. The van der Waals surface area contributed by atoms with Gasteiger partial charge in [0, 0.05) is 5.88 Å². The quantitative estimate of drug-likeness (QED) is 0.279. The first-order chi connectivity index (χ1) is 5.91. The van der Waals surface area contributed by atoms with Crippen molar-refractivity contribution in [2.45, 2.75) is 0 Å². The summed E-state index contributed by atoms with van der Waals surface area (Å²) in [6.45, 7) is 0.0849. The van der Waals surface area contributed by atoms with Gasteiger partial charge in [-0.3, -0.25) is 0 Å². The van der Waals surface area contributed by atoms with Gasteiger partial charge in [0.1, 0.15) is 0 Å². The topological polar surface area (TPSA) is 193 Å². The second-order valence-electron chi connectivity index (χ2n) is 1.31. The second kappa shape index (κ2) is 13.8. The molecule has 0 rings (SSSR count). The molecule has 9 nitrogen and oxygen atoms in total. The molecule has 0 aliphatic carbocycles. The average molecular weight is 311 g/mol. The van der Waals surface area contributed by atoms with Crippen LogP contribution in [0.4, 0.5) is 0 Å². The van der Waals surface area contributed by atoms with Crippen molar-refractivity contribution >= 4 is 65.0 Å². The van der Waals surface area contributed by atoms with Crippen LogP contribution in [-0.2, 0) is 9.13 Å². The molecular formula is C2H5CaClO9P2-4. The van der Waals surface area contributed by atoms with Crippen molar-refractivity contribution in [2.24, 2.45) is 0 Å². The third-order valence-corrected chi connectivity index (χ3v) is 0.254. The van der Waals surface area contributed by atoms with Crippen molar-refractivity contribution in [3.63, 3.8) is 0 Å². The predicted octanol–water partition coefficient (Wildman–Crippen LogP) is -5.81. The first kappa shape index (κ1) is 25.5. The molecule has 0 spiro atoms. The van der Waals surface area contributed by atoms with E-state index in [0.717, 1.165) is 0 Å². The number of hydrogen-bond donors (Lipinski definition) is 1. The van der Waals surface area contributed by atoms with Gasteiger partial charge in [0.05, 0.1) is 6.61 Å².